The highest BCUT2D eigenvalue weighted by Gasteiger charge is 2.34. The molecule has 2 nitrogen and oxygen atoms in total. The zero-order valence-electron chi connectivity index (χ0n) is 9.17. The maximum Gasteiger partial charge on any atom is 0.418 e. The van der Waals surface area contributed by atoms with E-state index >= 15 is 0 Å². The standard InChI is InChI=1S/C12H14F3NO/c13-12(14,15)9-3-1-2-4-10(9)16-7-11(17)8-5-6-8/h1-4,8,11,16-17H,5-7H2. The second-order valence-electron chi connectivity index (χ2n) is 4.33. The molecule has 1 fully saturated rings. The van der Waals surface area contributed by atoms with Crippen molar-refractivity contribution in [3.8, 4) is 0 Å². The normalized spacial score (nSPS) is 17.9. The molecule has 1 aromatic rings. The van der Waals surface area contributed by atoms with E-state index in [-0.39, 0.29) is 18.2 Å². The third-order valence-corrected chi connectivity index (χ3v) is 2.90. The molecule has 94 valence electrons. The molecule has 2 rings (SSSR count). The van der Waals surface area contributed by atoms with Crippen LogP contribution in [0.4, 0.5) is 18.9 Å². The Bertz CT molecular complexity index is 388. The summed E-state index contributed by atoms with van der Waals surface area (Å²) in [4.78, 5) is 0. The van der Waals surface area contributed by atoms with Crippen LogP contribution in [-0.4, -0.2) is 17.8 Å². The molecule has 1 atom stereocenters. The summed E-state index contributed by atoms with van der Waals surface area (Å²) in [6, 6.07) is 5.31. The van der Waals surface area contributed by atoms with Crippen molar-refractivity contribution >= 4 is 5.69 Å². The number of benzene rings is 1. The first-order chi connectivity index (χ1) is 7.98. The van der Waals surface area contributed by atoms with Crippen molar-refractivity contribution < 1.29 is 18.3 Å². The molecule has 1 aliphatic rings. The van der Waals surface area contributed by atoms with Crippen LogP contribution in [0.1, 0.15) is 18.4 Å². The zero-order chi connectivity index (χ0) is 12.5. The van der Waals surface area contributed by atoms with Gasteiger partial charge in [-0.2, -0.15) is 13.2 Å². The van der Waals surface area contributed by atoms with Crippen LogP contribution in [0, 0.1) is 5.92 Å². The molecule has 0 aliphatic heterocycles. The minimum absolute atomic E-state index is 0.0275. The van der Waals surface area contributed by atoms with Crippen molar-refractivity contribution in [2.75, 3.05) is 11.9 Å². The van der Waals surface area contributed by atoms with Gasteiger partial charge in [0.15, 0.2) is 0 Å². The molecule has 2 N–H and O–H groups in total. The summed E-state index contributed by atoms with van der Waals surface area (Å²) in [6.45, 7) is 0.164. The molecule has 1 saturated carbocycles. The number of hydrogen-bond acceptors (Lipinski definition) is 2. The number of nitrogens with one attached hydrogen (secondary N) is 1. The molecule has 0 heterocycles. The molecular formula is C12H14F3NO. The molecule has 0 radical (unpaired) electrons. The van der Waals surface area contributed by atoms with E-state index in [1.165, 1.54) is 12.1 Å². The summed E-state index contributed by atoms with van der Waals surface area (Å²) in [5.74, 6) is 0.251. The topological polar surface area (TPSA) is 32.3 Å². The van der Waals surface area contributed by atoms with Gasteiger partial charge in [-0.15, -0.1) is 0 Å². The highest BCUT2D eigenvalue weighted by atomic mass is 19.4. The number of para-hydroxylation sites is 1. The number of anilines is 1. The van der Waals surface area contributed by atoms with Crippen LogP contribution in [-0.2, 0) is 6.18 Å². The predicted octanol–water partition coefficient (Wildman–Crippen LogP) is 2.89. The summed E-state index contributed by atoms with van der Waals surface area (Å²) >= 11 is 0. The first kappa shape index (κ1) is 12.2. The maximum absolute atomic E-state index is 12.6. The van der Waals surface area contributed by atoms with Crippen molar-refractivity contribution in [3.63, 3.8) is 0 Å². The maximum atomic E-state index is 12.6. The Labute approximate surface area is 97.5 Å². The van der Waals surface area contributed by atoms with Crippen LogP contribution in [0.2, 0.25) is 0 Å². The Morgan fingerprint density at radius 1 is 1.29 bits per heavy atom. The third kappa shape index (κ3) is 3.12. The Hall–Kier alpha value is -1.23. The van der Waals surface area contributed by atoms with Crippen LogP contribution in [0.15, 0.2) is 24.3 Å². The summed E-state index contributed by atoms with van der Waals surface area (Å²) in [5, 5.41) is 12.3. The van der Waals surface area contributed by atoms with Gasteiger partial charge in [-0.25, -0.2) is 0 Å². The fraction of sp³-hybridized carbons (Fsp3) is 0.500. The molecule has 5 heteroatoms. The third-order valence-electron chi connectivity index (χ3n) is 2.90. The lowest BCUT2D eigenvalue weighted by atomic mass is 10.1. The Morgan fingerprint density at radius 3 is 2.53 bits per heavy atom. The highest BCUT2D eigenvalue weighted by molar-refractivity contribution is 5.52. The Balaban J connectivity index is 2.04. The van der Waals surface area contributed by atoms with Crippen LogP contribution in [0.3, 0.4) is 0 Å². The number of aliphatic hydroxyl groups is 1. The second-order valence-corrected chi connectivity index (χ2v) is 4.33. The summed E-state index contributed by atoms with van der Waals surface area (Å²) in [6.07, 6.45) is -3.00. The lowest BCUT2D eigenvalue weighted by Gasteiger charge is -2.16. The second kappa shape index (κ2) is 4.56. The van der Waals surface area contributed by atoms with Gasteiger partial charge < -0.3 is 10.4 Å². The van der Waals surface area contributed by atoms with E-state index in [1.807, 2.05) is 0 Å². The average molecular weight is 245 g/mol. The molecule has 1 aromatic carbocycles. The number of hydrogen-bond donors (Lipinski definition) is 2. The monoisotopic (exact) mass is 245 g/mol. The number of rotatable bonds is 4. The lowest BCUT2D eigenvalue weighted by Crippen LogP contribution is -2.22. The van der Waals surface area contributed by atoms with Gasteiger partial charge in [0.1, 0.15) is 0 Å². The molecule has 0 aromatic heterocycles. The van der Waals surface area contributed by atoms with Gasteiger partial charge in [-0.05, 0) is 30.9 Å². The van der Waals surface area contributed by atoms with Crippen LogP contribution in [0.5, 0.6) is 0 Å². The molecule has 17 heavy (non-hydrogen) atoms. The first-order valence-corrected chi connectivity index (χ1v) is 5.56. The molecule has 0 saturated heterocycles. The van der Waals surface area contributed by atoms with E-state index in [9.17, 15) is 18.3 Å². The van der Waals surface area contributed by atoms with E-state index < -0.39 is 17.8 Å². The van der Waals surface area contributed by atoms with Gasteiger partial charge >= 0.3 is 6.18 Å². The van der Waals surface area contributed by atoms with E-state index in [2.05, 4.69) is 5.32 Å². The van der Waals surface area contributed by atoms with Crippen molar-refractivity contribution in [1.29, 1.82) is 0 Å². The molecule has 1 aliphatic carbocycles. The molecule has 0 bridgehead atoms. The van der Waals surface area contributed by atoms with E-state index in [4.69, 9.17) is 0 Å². The van der Waals surface area contributed by atoms with Crippen molar-refractivity contribution in [2.45, 2.75) is 25.1 Å². The van der Waals surface area contributed by atoms with Gasteiger partial charge in [0.05, 0.1) is 11.7 Å². The van der Waals surface area contributed by atoms with E-state index in [1.54, 1.807) is 6.07 Å². The lowest BCUT2D eigenvalue weighted by molar-refractivity contribution is -0.137. The number of halogens is 3. The zero-order valence-corrected chi connectivity index (χ0v) is 9.17. The smallest absolute Gasteiger partial charge is 0.391 e. The van der Waals surface area contributed by atoms with Gasteiger partial charge in [0.2, 0.25) is 0 Å². The van der Waals surface area contributed by atoms with Gasteiger partial charge in [-0.3, -0.25) is 0 Å². The SMILES string of the molecule is OC(CNc1ccccc1C(F)(F)F)C1CC1. The Kier molecular flexibility index (Phi) is 3.28. The average Bonchev–Trinajstić information content (AvgIpc) is 3.08. The number of alkyl halides is 3. The van der Waals surface area contributed by atoms with Gasteiger partial charge in [-0.1, -0.05) is 12.1 Å². The van der Waals surface area contributed by atoms with Crippen LogP contribution in [0.25, 0.3) is 0 Å². The number of aliphatic hydroxyl groups excluding tert-OH is 1. The van der Waals surface area contributed by atoms with Crippen molar-refractivity contribution in [2.24, 2.45) is 5.92 Å². The van der Waals surface area contributed by atoms with Crippen LogP contribution < -0.4 is 5.32 Å². The van der Waals surface area contributed by atoms with Gasteiger partial charge in [0.25, 0.3) is 0 Å². The van der Waals surface area contributed by atoms with E-state index in [0.717, 1.165) is 18.9 Å². The fourth-order valence-corrected chi connectivity index (χ4v) is 1.75. The highest BCUT2D eigenvalue weighted by Crippen LogP contribution is 2.35. The minimum Gasteiger partial charge on any atom is -0.391 e. The first-order valence-electron chi connectivity index (χ1n) is 5.56. The molecular weight excluding hydrogens is 231 g/mol. The van der Waals surface area contributed by atoms with Crippen molar-refractivity contribution in [1.82, 2.24) is 0 Å². The van der Waals surface area contributed by atoms with Crippen LogP contribution >= 0.6 is 0 Å². The fourth-order valence-electron chi connectivity index (χ4n) is 1.75. The summed E-state index contributed by atoms with van der Waals surface area (Å²) in [5.41, 5.74) is -0.664. The largest absolute Gasteiger partial charge is 0.418 e. The molecule has 1 unspecified atom stereocenters. The molecule has 0 amide bonds. The van der Waals surface area contributed by atoms with E-state index in [0.29, 0.717) is 0 Å². The predicted molar refractivity (Wildman–Crippen MR) is 58.7 cm³/mol. The molecule has 0 spiro atoms. The Morgan fingerprint density at radius 2 is 1.94 bits per heavy atom. The van der Waals surface area contributed by atoms with Crippen molar-refractivity contribution in [3.05, 3.63) is 29.8 Å². The minimum atomic E-state index is -4.37. The van der Waals surface area contributed by atoms with Gasteiger partial charge in [0, 0.05) is 12.2 Å². The summed E-state index contributed by atoms with van der Waals surface area (Å²) in [7, 11) is 0. The summed E-state index contributed by atoms with van der Waals surface area (Å²) < 4.78 is 37.9. The quantitative estimate of drug-likeness (QED) is 0.854.